The molecule has 1 aromatic carbocycles. The number of amides is 2. The highest BCUT2D eigenvalue weighted by molar-refractivity contribution is 5.74. The van der Waals surface area contributed by atoms with Gasteiger partial charge in [-0.1, -0.05) is 28.9 Å². The second-order valence-electron chi connectivity index (χ2n) is 6.21. The Balaban J connectivity index is 1.63. The summed E-state index contributed by atoms with van der Waals surface area (Å²) in [6.45, 7) is 4.13. The molecule has 2 amide bonds. The minimum Gasteiger partial charge on any atom is -0.337 e. The number of carbonyl (C=O) groups is 1. The zero-order chi connectivity index (χ0) is 18.7. The summed E-state index contributed by atoms with van der Waals surface area (Å²) in [5.41, 5.74) is 1.98. The Hall–Kier alpha value is -3.23. The van der Waals surface area contributed by atoms with Gasteiger partial charge in [-0.3, -0.25) is 0 Å². The maximum Gasteiger partial charge on any atom is 0.318 e. The molecule has 0 bridgehead atoms. The molecule has 1 N–H and O–H groups in total. The van der Waals surface area contributed by atoms with Gasteiger partial charge < -0.3 is 19.3 Å². The number of nitrogens with one attached hydrogen (secondary N) is 1. The van der Waals surface area contributed by atoms with Crippen molar-refractivity contribution in [1.29, 1.82) is 0 Å². The highest BCUT2D eigenvalue weighted by Gasteiger charge is 2.20. The van der Waals surface area contributed by atoms with E-state index < -0.39 is 6.04 Å². The summed E-state index contributed by atoms with van der Waals surface area (Å²) >= 11 is 0. The molecule has 0 fully saturated rings. The number of hydrogen-bond donors (Lipinski definition) is 1. The van der Waals surface area contributed by atoms with Gasteiger partial charge in [-0.25, -0.2) is 4.79 Å². The van der Waals surface area contributed by atoms with Gasteiger partial charge in [0.05, 0.1) is 6.54 Å². The van der Waals surface area contributed by atoms with Crippen molar-refractivity contribution in [2.75, 3.05) is 7.05 Å². The molecule has 0 aliphatic carbocycles. The highest BCUT2D eigenvalue weighted by Crippen LogP contribution is 2.19. The van der Waals surface area contributed by atoms with Gasteiger partial charge in [0.15, 0.2) is 5.82 Å². The summed E-state index contributed by atoms with van der Waals surface area (Å²) in [6.07, 6.45) is 1.59. The topological polar surface area (TPSA) is 102 Å². The number of nitrogens with zero attached hydrogens (tertiary/aromatic N) is 6. The van der Waals surface area contributed by atoms with Gasteiger partial charge in [0.1, 0.15) is 12.4 Å². The molecule has 3 rings (SSSR count). The van der Waals surface area contributed by atoms with E-state index in [1.54, 1.807) is 24.9 Å². The third-order valence-electron chi connectivity index (χ3n) is 3.96. The predicted molar refractivity (Wildman–Crippen MR) is 93.9 cm³/mol. The first-order valence-corrected chi connectivity index (χ1v) is 8.19. The van der Waals surface area contributed by atoms with Crippen LogP contribution in [0.15, 0.2) is 35.1 Å². The van der Waals surface area contributed by atoms with Crippen LogP contribution in [0.3, 0.4) is 0 Å². The predicted octanol–water partition coefficient (Wildman–Crippen LogP) is 2.08. The molecule has 26 heavy (non-hydrogen) atoms. The summed E-state index contributed by atoms with van der Waals surface area (Å²) < 4.78 is 7.07. The minimum atomic E-state index is -0.421. The second kappa shape index (κ2) is 7.34. The van der Waals surface area contributed by atoms with E-state index in [0.29, 0.717) is 24.1 Å². The molecule has 0 spiro atoms. The van der Waals surface area contributed by atoms with Gasteiger partial charge in [-0.15, -0.1) is 10.2 Å². The lowest BCUT2D eigenvalue weighted by Gasteiger charge is -2.19. The summed E-state index contributed by atoms with van der Waals surface area (Å²) in [4.78, 5) is 18.3. The summed E-state index contributed by atoms with van der Waals surface area (Å²) in [5, 5.41) is 14.6. The van der Waals surface area contributed by atoms with E-state index in [9.17, 15) is 4.79 Å². The van der Waals surface area contributed by atoms with Crippen molar-refractivity contribution in [2.45, 2.75) is 26.4 Å². The molecule has 136 valence electrons. The molecule has 3 aromatic rings. The Morgan fingerprint density at radius 1 is 1.42 bits per heavy atom. The fraction of sp³-hybridized carbons (Fsp3) is 0.353. The van der Waals surface area contributed by atoms with Gasteiger partial charge in [-0.05, 0) is 19.9 Å². The minimum absolute atomic E-state index is 0.268. The number of urea groups is 1. The Labute approximate surface area is 151 Å². The van der Waals surface area contributed by atoms with Gasteiger partial charge in [-0.2, -0.15) is 4.98 Å². The normalized spacial score (nSPS) is 12.0. The van der Waals surface area contributed by atoms with Crippen molar-refractivity contribution in [3.8, 4) is 11.4 Å². The van der Waals surface area contributed by atoms with Crippen molar-refractivity contribution >= 4 is 6.03 Å². The quantitative estimate of drug-likeness (QED) is 0.752. The number of carbonyl (C=O) groups excluding carboxylic acids is 1. The molecular weight excluding hydrogens is 334 g/mol. The van der Waals surface area contributed by atoms with Crippen molar-refractivity contribution in [1.82, 2.24) is 35.1 Å². The van der Waals surface area contributed by atoms with Crippen molar-refractivity contribution < 1.29 is 9.32 Å². The number of hydrogen-bond acceptors (Lipinski definition) is 6. The molecule has 9 nitrogen and oxygen atoms in total. The van der Waals surface area contributed by atoms with Crippen LogP contribution in [0.5, 0.6) is 0 Å². The number of aryl methyl sites for hydroxylation is 2. The van der Waals surface area contributed by atoms with Gasteiger partial charge in [0.25, 0.3) is 0 Å². The van der Waals surface area contributed by atoms with E-state index in [1.165, 1.54) is 4.90 Å². The molecule has 2 aromatic heterocycles. The van der Waals surface area contributed by atoms with Crippen LogP contribution in [-0.4, -0.2) is 42.9 Å². The van der Waals surface area contributed by atoms with Gasteiger partial charge in [0, 0.05) is 19.7 Å². The smallest absolute Gasteiger partial charge is 0.318 e. The van der Waals surface area contributed by atoms with Crippen LogP contribution in [0.4, 0.5) is 4.79 Å². The molecular formula is C17H21N7O2. The summed E-state index contributed by atoms with van der Waals surface area (Å²) in [6, 6.07) is 7.14. The second-order valence-corrected chi connectivity index (χ2v) is 6.21. The highest BCUT2D eigenvalue weighted by atomic mass is 16.5. The number of rotatable bonds is 5. The molecule has 9 heteroatoms. The zero-order valence-corrected chi connectivity index (χ0v) is 15.2. The van der Waals surface area contributed by atoms with E-state index in [0.717, 1.165) is 11.1 Å². The molecule has 1 unspecified atom stereocenters. The van der Waals surface area contributed by atoms with Crippen molar-refractivity contribution in [2.24, 2.45) is 7.05 Å². The van der Waals surface area contributed by atoms with E-state index in [-0.39, 0.29) is 6.03 Å². The lowest BCUT2D eigenvalue weighted by Crippen LogP contribution is -2.38. The Morgan fingerprint density at radius 2 is 2.23 bits per heavy atom. The average Bonchev–Trinajstić information content (AvgIpc) is 3.24. The molecule has 2 heterocycles. The summed E-state index contributed by atoms with van der Waals surface area (Å²) in [7, 11) is 3.51. The standard InChI is InChI=1S/C17H21N7O2/c1-11-6-5-7-13(8-11)15-20-16(26-22-15)12(2)19-17(25)23(3)9-14-21-18-10-24(14)4/h5-8,10,12H,9H2,1-4H3,(H,19,25). The van der Waals surface area contributed by atoms with E-state index in [2.05, 4.69) is 25.7 Å². The number of aromatic nitrogens is 5. The van der Waals surface area contributed by atoms with Crippen LogP contribution >= 0.6 is 0 Å². The van der Waals surface area contributed by atoms with Crippen molar-refractivity contribution in [3.05, 3.63) is 47.9 Å². The molecule has 1 atom stereocenters. The molecule has 0 aliphatic rings. The van der Waals surface area contributed by atoms with Crippen LogP contribution in [0.1, 0.15) is 30.2 Å². The maximum atomic E-state index is 12.4. The van der Waals surface area contributed by atoms with Crippen LogP contribution < -0.4 is 5.32 Å². The molecule has 0 aliphatic heterocycles. The van der Waals surface area contributed by atoms with E-state index in [4.69, 9.17) is 4.52 Å². The first-order chi connectivity index (χ1) is 12.4. The lowest BCUT2D eigenvalue weighted by atomic mass is 10.1. The SMILES string of the molecule is Cc1cccc(-c2noc(C(C)NC(=O)N(C)Cc3nncn3C)n2)c1. The van der Waals surface area contributed by atoms with Crippen LogP contribution in [0, 0.1) is 6.92 Å². The van der Waals surface area contributed by atoms with E-state index >= 15 is 0 Å². The van der Waals surface area contributed by atoms with Crippen LogP contribution in [0.25, 0.3) is 11.4 Å². The Kier molecular flexibility index (Phi) is 4.97. The van der Waals surface area contributed by atoms with Gasteiger partial charge >= 0.3 is 6.03 Å². The zero-order valence-electron chi connectivity index (χ0n) is 15.2. The molecule has 0 saturated heterocycles. The Morgan fingerprint density at radius 3 is 2.92 bits per heavy atom. The van der Waals surface area contributed by atoms with Gasteiger partial charge in [0.2, 0.25) is 11.7 Å². The largest absolute Gasteiger partial charge is 0.337 e. The Bertz CT molecular complexity index is 902. The fourth-order valence-electron chi connectivity index (χ4n) is 2.40. The fourth-order valence-corrected chi connectivity index (χ4v) is 2.40. The third-order valence-corrected chi connectivity index (χ3v) is 3.96. The monoisotopic (exact) mass is 355 g/mol. The van der Waals surface area contributed by atoms with Crippen LogP contribution in [-0.2, 0) is 13.6 Å². The average molecular weight is 355 g/mol. The third kappa shape index (κ3) is 3.88. The molecule has 0 saturated carbocycles. The van der Waals surface area contributed by atoms with Crippen LogP contribution in [0.2, 0.25) is 0 Å². The number of benzene rings is 1. The van der Waals surface area contributed by atoms with Crippen molar-refractivity contribution in [3.63, 3.8) is 0 Å². The molecule has 0 radical (unpaired) electrons. The first-order valence-electron chi connectivity index (χ1n) is 8.19. The first kappa shape index (κ1) is 17.6. The summed E-state index contributed by atoms with van der Waals surface area (Å²) in [5.74, 6) is 1.54. The lowest BCUT2D eigenvalue weighted by molar-refractivity contribution is 0.198. The van der Waals surface area contributed by atoms with E-state index in [1.807, 2.05) is 38.2 Å². The maximum absolute atomic E-state index is 12.4.